The van der Waals surface area contributed by atoms with Crippen LogP contribution in [0.2, 0.25) is 0 Å². The first-order valence-electron chi connectivity index (χ1n) is 4.94. The molecule has 0 spiro atoms. The van der Waals surface area contributed by atoms with E-state index in [-0.39, 0.29) is 0 Å². The first kappa shape index (κ1) is 9.56. The maximum Gasteiger partial charge on any atom is 0.488 e. The summed E-state index contributed by atoms with van der Waals surface area (Å²) in [6, 6.07) is 5.22. The molecule has 1 aromatic carbocycles. The molecular formula is C10H14BNO2. The lowest BCUT2D eigenvalue weighted by Gasteiger charge is -2.27. The highest BCUT2D eigenvalue weighted by Gasteiger charge is 2.23. The molecule has 1 aliphatic carbocycles. The Hall–Kier alpha value is -0.995. The molecule has 0 aliphatic heterocycles. The van der Waals surface area contributed by atoms with Crippen LogP contribution in [0.15, 0.2) is 18.2 Å². The van der Waals surface area contributed by atoms with Crippen molar-refractivity contribution >= 4 is 18.3 Å². The summed E-state index contributed by atoms with van der Waals surface area (Å²) in [5.41, 5.74) is 8.20. The van der Waals surface area contributed by atoms with Crippen molar-refractivity contribution in [1.82, 2.24) is 0 Å². The van der Waals surface area contributed by atoms with Crippen LogP contribution in [0, 0.1) is 0 Å². The van der Waals surface area contributed by atoms with Gasteiger partial charge in [-0.1, -0.05) is 18.6 Å². The highest BCUT2D eigenvalue weighted by Crippen LogP contribution is 2.38. The lowest BCUT2D eigenvalue weighted by Crippen LogP contribution is -2.30. The van der Waals surface area contributed by atoms with Crippen molar-refractivity contribution in [2.24, 2.45) is 0 Å². The molecule has 0 aromatic heterocycles. The van der Waals surface area contributed by atoms with Crippen LogP contribution in [0.5, 0.6) is 0 Å². The maximum absolute atomic E-state index is 9.03. The Labute approximate surface area is 83.7 Å². The second kappa shape index (κ2) is 3.63. The van der Waals surface area contributed by atoms with Crippen LogP contribution in [-0.4, -0.2) is 17.2 Å². The van der Waals surface area contributed by atoms with E-state index in [1.165, 1.54) is 6.42 Å². The fourth-order valence-corrected chi connectivity index (χ4v) is 1.83. The van der Waals surface area contributed by atoms with Crippen molar-refractivity contribution < 1.29 is 10.0 Å². The summed E-state index contributed by atoms with van der Waals surface area (Å²) in [7, 11) is -1.39. The van der Waals surface area contributed by atoms with Crippen molar-refractivity contribution in [1.29, 1.82) is 0 Å². The molecule has 4 N–H and O–H groups in total. The minimum Gasteiger partial charge on any atom is -0.423 e. The summed E-state index contributed by atoms with van der Waals surface area (Å²) in [5, 5.41) is 18.1. The number of nitrogens with two attached hydrogens (primary N) is 1. The fourth-order valence-electron chi connectivity index (χ4n) is 1.83. The van der Waals surface area contributed by atoms with Crippen LogP contribution in [0.3, 0.4) is 0 Å². The molecule has 74 valence electrons. The van der Waals surface area contributed by atoms with Crippen molar-refractivity contribution in [3.8, 4) is 0 Å². The molecule has 0 amide bonds. The van der Waals surface area contributed by atoms with Crippen molar-refractivity contribution in [2.75, 3.05) is 5.73 Å². The number of rotatable bonds is 2. The van der Waals surface area contributed by atoms with Gasteiger partial charge in [0.2, 0.25) is 0 Å². The third kappa shape index (κ3) is 1.63. The largest absolute Gasteiger partial charge is 0.488 e. The third-order valence-electron chi connectivity index (χ3n) is 2.95. The molecule has 0 atom stereocenters. The van der Waals surface area contributed by atoms with Crippen LogP contribution < -0.4 is 11.2 Å². The molecule has 1 aromatic rings. The highest BCUT2D eigenvalue weighted by atomic mass is 16.4. The van der Waals surface area contributed by atoms with Crippen molar-refractivity contribution in [3.05, 3.63) is 23.8 Å². The van der Waals surface area contributed by atoms with Crippen LogP contribution in [0.25, 0.3) is 0 Å². The van der Waals surface area contributed by atoms with Crippen LogP contribution in [0.1, 0.15) is 30.7 Å². The Balaban J connectivity index is 2.31. The molecule has 0 radical (unpaired) electrons. The molecular weight excluding hydrogens is 177 g/mol. The smallest absolute Gasteiger partial charge is 0.423 e. The average Bonchev–Trinajstić information content (AvgIpc) is 2.05. The van der Waals surface area contributed by atoms with Crippen LogP contribution in [0.4, 0.5) is 5.69 Å². The van der Waals surface area contributed by atoms with E-state index in [1.54, 1.807) is 12.1 Å². The summed E-state index contributed by atoms with van der Waals surface area (Å²) in [5.74, 6) is 0.522. The van der Waals surface area contributed by atoms with Gasteiger partial charge in [0.1, 0.15) is 0 Å². The zero-order valence-electron chi connectivity index (χ0n) is 7.98. The SMILES string of the molecule is Nc1ccc(B(O)O)cc1C1CCC1. The van der Waals surface area contributed by atoms with Gasteiger partial charge in [0, 0.05) is 5.69 Å². The van der Waals surface area contributed by atoms with E-state index < -0.39 is 7.12 Å². The molecule has 0 saturated heterocycles. The number of benzene rings is 1. The van der Waals surface area contributed by atoms with Crippen LogP contribution in [-0.2, 0) is 0 Å². The zero-order chi connectivity index (χ0) is 10.1. The van der Waals surface area contributed by atoms with E-state index in [4.69, 9.17) is 15.8 Å². The summed E-state index contributed by atoms with van der Waals surface area (Å²) >= 11 is 0. The molecule has 1 aliphatic rings. The van der Waals surface area contributed by atoms with Gasteiger partial charge in [-0.15, -0.1) is 0 Å². The van der Waals surface area contributed by atoms with Gasteiger partial charge in [-0.2, -0.15) is 0 Å². The van der Waals surface area contributed by atoms with Gasteiger partial charge in [0.15, 0.2) is 0 Å². The fraction of sp³-hybridized carbons (Fsp3) is 0.400. The number of anilines is 1. The Kier molecular flexibility index (Phi) is 2.48. The van der Waals surface area contributed by atoms with E-state index in [9.17, 15) is 0 Å². The number of hydrogen-bond donors (Lipinski definition) is 3. The van der Waals surface area contributed by atoms with Crippen LogP contribution >= 0.6 is 0 Å². The molecule has 0 heterocycles. The predicted octanol–water partition coefficient (Wildman–Crippen LogP) is 0.216. The molecule has 1 saturated carbocycles. The van der Waals surface area contributed by atoms with Gasteiger partial charge >= 0.3 is 7.12 Å². The second-order valence-electron chi connectivity index (χ2n) is 3.89. The topological polar surface area (TPSA) is 66.5 Å². The second-order valence-corrected chi connectivity index (χ2v) is 3.89. The zero-order valence-corrected chi connectivity index (χ0v) is 7.98. The maximum atomic E-state index is 9.03. The van der Waals surface area contributed by atoms with Gasteiger partial charge in [0.05, 0.1) is 0 Å². The monoisotopic (exact) mass is 191 g/mol. The van der Waals surface area contributed by atoms with Gasteiger partial charge in [-0.3, -0.25) is 0 Å². The van der Waals surface area contributed by atoms with E-state index in [0.29, 0.717) is 11.4 Å². The predicted molar refractivity (Wildman–Crippen MR) is 57.3 cm³/mol. The summed E-state index contributed by atoms with van der Waals surface area (Å²) in [6.45, 7) is 0. The van der Waals surface area contributed by atoms with E-state index >= 15 is 0 Å². The van der Waals surface area contributed by atoms with E-state index in [0.717, 1.165) is 24.1 Å². The van der Waals surface area contributed by atoms with Crippen molar-refractivity contribution in [2.45, 2.75) is 25.2 Å². The quantitative estimate of drug-likeness (QED) is 0.462. The lowest BCUT2D eigenvalue weighted by molar-refractivity contribution is 0.418. The summed E-state index contributed by atoms with van der Waals surface area (Å²) < 4.78 is 0. The Morgan fingerprint density at radius 3 is 2.50 bits per heavy atom. The molecule has 1 fully saturated rings. The van der Waals surface area contributed by atoms with E-state index in [1.807, 2.05) is 6.07 Å². The third-order valence-corrected chi connectivity index (χ3v) is 2.95. The summed E-state index contributed by atoms with van der Waals surface area (Å²) in [6.07, 6.45) is 3.57. The summed E-state index contributed by atoms with van der Waals surface area (Å²) in [4.78, 5) is 0. The number of hydrogen-bond acceptors (Lipinski definition) is 3. The minimum absolute atomic E-state index is 0.522. The van der Waals surface area contributed by atoms with Gasteiger partial charge in [-0.25, -0.2) is 0 Å². The molecule has 0 unspecified atom stereocenters. The van der Waals surface area contributed by atoms with Gasteiger partial charge < -0.3 is 15.8 Å². The lowest BCUT2D eigenvalue weighted by atomic mass is 9.74. The Morgan fingerprint density at radius 2 is 2.00 bits per heavy atom. The Bertz CT molecular complexity index is 337. The molecule has 3 nitrogen and oxygen atoms in total. The highest BCUT2D eigenvalue weighted by molar-refractivity contribution is 6.58. The molecule has 4 heteroatoms. The van der Waals surface area contributed by atoms with E-state index in [2.05, 4.69) is 0 Å². The molecule has 0 bridgehead atoms. The average molecular weight is 191 g/mol. The van der Waals surface area contributed by atoms with Gasteiger partial charge in [-0.05, 0) is 35.9 Å². The molecule has 2 rings (SSSR count). The standard InChI is InChI=1S/C10H14BNO2/c12-10-5-4-8(11(13)14)6-9(10)7-2-1-3-7/h4-7,13-14H,1-3,12H2. The molecule has 14 heavy (non-hydrogen) atoms. The minimum atomic E-state index is -1.39. The Morgan fingerprint density at radius 1 is 1.29 bits per heavy atom. The first-order valence-corrected chi connectivity index (χ1v) is 4.94. The first-order chi connectivity index (χ1) is 6.68. The van der Waals surface area contributed by atoms with Gasteiger partial charge in [0.25, 0.3) is 0 Å². The normalized spacial score (nSPS) is 16.4. The van der Waals surface area contributed by atoms with Crippen molar-refractivity contribution in [3.63, 3.8) is 0 Å². The number of nitrogen functional groups attached to an aromatic ring is 1.